The Hall–Kier alpha value is -3.89. The number of primary amides is 1. The molecule has 2 aromatic carbocycles. The van der Waals surface area contributed by atoms with Gasteiger partial charge in [0.25, 0.3) is 5.56 Å². The second-order valence-electron chi connectivity index (χ2n) is 7.10. The first-order valence-electron chi connectivity index (χ1n) is 9.79. The van der Waals surface area contributed by atoms with Crippen LogP contribution < -0.4 is 11.3 Å². The van der Waals surface area contributed by atoms with Crippen molar-refractivity contribution < 1.29 is 32.2 Å². The number of alkyl halides is 3. The molecule has 0 fully saturated rings. The molecule has 2 N–H and O–H groups in total. The first kappa shape index (κ1) is 23.8. The molecule has 8 nitrogen and oxygen atoms in total. The van der Waals surface area contributed by atoms with Gasteiger partial charge < -0.3 is 15.2 Å². The van der Waals surface area contributed by atoms with E-state index in [1.54, 1.807) is 13.8 Å². The van der Waals surface area contributed by atoms with Crippen LogP contribution in [0.3, 0.4) is 0 Å². The minimum Gasteiger partial charge on any atom is -0.462 e. The fourth-order valence-corrected chi connectivity index (χ4v) is 3.65. The van der Waals surface area contributed by atoms with Gasteiger partial charge in [0, 0.05) is 0 Å². The van der Waals surface area contributed by atoms with Crippen molar-refractivity contribution in [3.05, 3.63) is 68.8 Å². The molecule has 0 saturated heterocycles. The van der Waals surface area contributed by atoms with E-state index in [0.717, 1.165) is 12.1 Å². The van der Waals surface area contributed by atoms with Crippen molar-refractivity contribution in [1.82, 2.24) is 9.55 Å². The predicted octanol–water partition coefficient (Wildman–Crippen LogP) is 3.79. The molecular weight excluding hydrogens is 443 g/mol. The zero-order valence-electron chi connectivity index (χ0n) is 17.9. The SMILES string of the molecule is CCOC(=O)c1c(C)cc2nc(COC(N)=O)n(-c3ccccc3C(F)(F)F)c(=O)c2c1C. The van der Waals surface area contributed by atoms with E-state index in [0.29, 0.717) is 10.1 Å². The lowest BCUT2D eigenvalue weighted by molar-refractivity contribution is -0.137. The monoisotopic (exact) mass is 463 g/mol. The molecule has 0 saturated carbocycles. The highest BCUT2D eigenvalue weighted by Gasteiger charge is 2.35. The third kappa shape index (κ3) is 4.52. The average molecular weight is 463 g/mol. The summed E-state index contributed by atoms with van der Waals surface area (Å²) >= 11 is 0. The zero-order chi connectivity index (χ0) is 24.5. The molecule has 0 spiro atoms. The van der Waals surface area contributed by atoms with Crippen LogP contribution in [0.5, 0.6) is 0 Å². The maximum atomic E-state index is 13.7. The number of rotatable bonds is 5. The normalized spacial score (nSPS) is 11.5. The number of carbonyl (C=O) groups is 2. The molecule has 0 aliphatic heterocycles. The summed E-state index contributed by atoms with van der Waals surface area (Å²) in [6.45, 7) is 4.18. The van der Waals surface area contributed by atoms with Crippen molar-refractivity contribution in [3.63, 3.8) is 0 Å². The Morgan fingerprint density at radius 3 is 2.42 bits per heavy atom. The van der Waals surface area contributed by atoms with E-state index in [9.17, 15) is 27.6 Å². The third-order valence-corrected chi connectivity index (χ3v) is 4.95. The molecule has 0 aliphatic carbocycles. The average Bonchev–Trinajstić information content (AvgIpc) is 2.71. The molecule has 174 valence electrons. The summed E-state index contributed by atoms with van der Waals surface area (Å²) < 4.78 is 51.6. The summed E-state index contributed by atoms with van der Waals surface area (Å²) in [4.78, 5) is 41.4. The summed E-state index contributed by atoms with van der Waals surface area (Å²) in [7, 11) is 0. The molecule has 0 atom stereocenters. The summed E-state index contributed by atoms with van der Waals surface area (Å²) in [6, 6.07) is 5.87. The van der Waals surface area contributed by atoms with Crippen molar-refractivity contribution in [2.75, 3.05) is 6.61 Å². The number of nitrogens with two attached hydrogens (primary N) is 1. The summed E-state index contributed by atoms with van der Waals surface area (Å²) in [6.07, 6.45) is -5.98. The number of aromatic nitrogens is 2. The maximum Gasteiger partial charge on any atom is 0.418 e. The van der Waals surface area contributed by atoms with E-state index >= 15 is 0 Å². The largest absolute Gasteiger partial charge is 0.462 e. The first-order valence-corrected chi connectivity index (χ1v) is 9.79. The molecule has 3 rings (SSSR count). The van der Waals surface area contributed by atoms with Crippen molar-refractivity contribution in [3.8, 4) is 5.69 Å². The number of ether oxygens (including phenoxy) is 2. The van der Waals surface area contributed by atoms with Crippen LogP contribution in [0.4, 0.5) is 18.0 Å². The van der Waals surface area contributed by atoms with E-state index in [1.807, 2.05) is 0 Å². The van der Waals surface area contributed by atoms with Crippen LogP contribution >= 0.6 is 0 Å². The fourth-order valence-electron chi connectivity index (χ4n) is 3.65. The number of nitrogens with zero attached hydrogens (tertiary/aromatic N) is 2. The van der Waals surface area contributed by atoms with Gasteiger partial charge in [-0.2, -0.15) is 13.2 Å². The van der Waals surface area contributed by atoms with Crippen LogP contribution in [0.25, 0.3) is 16.6 Å². The predicted molar refractivity (Wildman–Crippen MR) is 112 cm³/mol. The third-order valence-electron chi connectivity index (χ3n) is 4.95. The van der Waals surface area contributed by atoms with Crippen LogP contribution in [0, 0.1) is 13.8 Å². The molecule has 0 radical (unpaired) electrons. The number of fused-ring (bicyclic) bond motifs is 1. The van der Waals surface area contributed by atoms with Crippen LogP contribution in [-0.2, 0) is 22.3 Å². The highest BCUT2D eigenvalue weighted by Crippen LogP contribution is 2.34. The number of hydrogen-bond donors (Lipinski definition) is 1. The van der Waals surface area contributed by atoms with Gasteiger partial charge in [-0.05, 0) is 50.1 Å². The Bertz CT molecular complexity index is 1320. The molecule has 1 heterocycles. The first-order chi connectivity index (χ1) is 15.5. The highest BCUT2D eigenvalue weighted by molar-refractivity contribution is 5.99. The molecule has 0 bridgehead atoms. The smallest absolute Gasteiger partial charge is 0.418 e. The van der Waals surface area contributed by atoms with Crippen LogP contribution in [0.2, 0.25) is 0 Å². The van der Waals surface area contributed by atoms with E-state index in [4.69, 9.17) is 15.2 Å². The van der Waals surface area contributed by atoms with E-state index in [-0.39, 0.29) is 34.5 Å². The van der Waals surface area contributed by atoms with Gasteiger partial charge in [0.15, 0.2) is 12.4 Å². The van der Waals surface area contributed by atoms with Crippen LogP contribution in [0.15, 0.2) is 35.1 Å². The number of para-hydroxylation sites is 1. The second kappa shape index (κ2) is 8.93. The summed E-state index contributed by atoms with van der Waals surface area (Å²) in [5, 5.41) is -0.0662. The van der Waals surface area contributed by atoms with Gasteiger partial charge in [0.2, 0.25) is 0 Å². The summed E-state index contributed by atoms with van der Waals surface area (Å²) in [5.41, 5.74) is 3.44. The Morgan fingerprint density at radius 1 is 1.15 bits per heavy atom. The molecule has 33 heavy (non-hydrogen) atoms. The number of benzene rings is 2. The molecule has 11 heteroatoms. The number of halogens is 3. The van der Waals surface area contributed by atoms with Gasteiger partial charge in [0.05, 0.1) is 34.3 Å². The van der Waals surface area contributed by atoms with Crippen molar-refractivity contribution in [2.45, 2.75) is 33.6 Å². The lowest BCUT2D eigenvalue weighted by atomic mass is 9.98. The van der Waals surface area contributed by atoms with Gasteiger partial charge in [-0.15, -0.1) is 0 Å². The van der Waals surface area contributed by atoms with Crippen LogP contribution in [0.1, 0.15) is 39.8 Å². The topological polar surface area (TPSA) is 114 Å². The Balaban J connectivity index is 2.44. The lowest BCUT2D eigenvalue weighted by Gasteiger charge is -2.19. The van der Waals surface area contributed by atoms with Gasteiger partial charge in [-0.3, -0.25) is 9.36 Å². The Morgan fingerprint density at radius 2 is 1.82 bits per heavy atom. The van der Waals surface area contributed by atoms with Gasteiger partial charge in [-0.25, -0.2) is 14.6 Å². The molecule has 0 unspecified atom stereocenters. The Kier molecular flexibility index (Phi) is 6.43. The minimum absolute atomic E-state index is 0.0662. The number of esters is 1. The van der Waals surface area contributed by atoms with Crippen molar-refractivity contribution in [1.29, 1.82) is 0 Å². The number of aryl methyl sites for hydroxylation is 2. The molecule has 1 aromatic heterocycles. The molecular formula is C22H20F3N3O5. The number of carbonyl (C=O) groups excluding carboxylic acids is 2. The second-order valence-corrected chi connectivity index (χ2v) is 7.10. The minimum atomic E-state index is -4.79. The van der Waals surface area contributed by atoms with Gasteiger partial charge in [0.1, 0.15) is 0 Å². The molecule has 0 aliphatic rings. The number of hydrogen-bond acceptors (Lipinski definition) is 6. The molecule has 3 aromatic rings. The Labute approximate surface area is 185 Å². The standard InChI is InChI=1S/C22H20F3N3O5/c1-4-32-20(30)17-11(2)9-14-18(12(17)3)19(29)28(16(27-14)10-33-21(26)31)15-8-6-5-7-13(15)22(23,24)25/h5-9H,4,10H2,1-3H3,(H2,26,31). The van der Waals surface area contributed by atoms with E-state index < -0.39 is 41.7 Å². The number of amides is 1. The van der Waals surface area contributed by atoms with Gasteiger partial charge >= 0.3 is 18.2 Å². The fraction of sp³-hybridized carbons (Fsp3) is 0.273. The van der Waals surface area contributed by atoms with Crippen LogP contribution in [-0.4, -0.2) is 28.2 Å². The molecule has 1 amide bonds. The van der Waals surface area contributed by atoms with Crippen molar-refractivity contribution >= 4 is 23.0 Å². The lowest BCUT2D eigenvalue weighted by Crippen LogP contribution is -2.28. The van der Waals surface area contributed by atoms with Crippen molar-refractivity contribution in [2.24, 2.45) is 5.73 Å². The van der Waals surface area contributed by atoms with E-state index in [2.05, 4.69) is 4.98 Å². The summed E-state index contributed by atoms with van der Waals surface area (Å²) in [5.74, 6) is -0.942. The van der Waals surface area contributed by atoms with E-state index in [1.165, 1.54) is 25.1 Å². The maximum absolute atomic E-state index is 13.7. The zero-order valence-corrected chi connectivity index (χ0v) is 17.9. The highest BCUT2D eigenvalue weighted by atomic mass is 19.4. The quantitative estimate of drug-likeness (QED) is 0.576. The van der Waals surface area contributed by atoms with Gasteiger partial charge in [-0.1, -0.05) is 12.1 Å².